The molecule has 0 aromatic carbocycles. The first kappa shape index (κ1) is 17.4. The summed E-state index contributed by atoms with van der Waals surface area (Å²) in [5, 5.41) is 10.5. The summed E-state index contributed by atoms with van der Waals surface area (Å²) in [6, 6.07) is 0. The van der Waals surface area contributed by atoms with E-state index in [1.54, 1.807) is 13.8 Å². The number of ether oxygens (including phenoxy) is 3. The number of rotatable bonds is 9. The first-order valence-corrected chi connectivity index (χ1v) is 6.37. The third kappa shape index (κ3) is 5.33. The smallest absolute Gasteiger partial charge is 0.311 e. The highest BCUT2D eigenvalue weighted by molar-refractivity contribution is 5.73. The highest BCUT2D eigenvalue weighted by Gasteiger charge is 2.39. The molecule has 2 unspecified atom stereocenters. The number of hydrogen-bond acceptors (Lipinski definition) is 5. The molecule has 1 N–H and O–H groups in total. The van der Waals surface area contributed by atoms with Crippen molar-refractivity contribution >= 4 is 5.97 Å². The van der Waals surface area contributed by atoms with Crippen molar-refractivity contribution in [3.63, 3.8) is 0 Å². The lowest BCUT2D eigenvalue weighted by atomic mass is 9.83. The van der Waals surface area contributed by atoms with Crippen LogP contribution >= 0.6 is 0 Å². The zero-order valence-electron chi connectivity index (χ0n) is 12.1. The van der Waals surface area contributed by atoms with E-state index in [-0.39, 0.29) is 12.4 Å². The van der Waals surface area contributed by atoms with Gasteiger partial charge in [-0.2, -0.15) is 0 Å². The lowest BCUT2D eigenvalue weighted by molar-refractivity contribution is -0.173. The van der Waals surface area contributed by atoms with Crippen molar-refractivity contribution in [1.82, 2.24) is 0 Å². The van der Waals surface area contributed by atoms with E-state index in [4.69, 9.17) is 14.2 Å². The Bertz CT molecular complexity index is 236. The first-order chi connectivity index (χ1) is 8.42. The maximum atomic E-state index is 11.9. The molecule has 18 heavy (non-hydrogen) atoms. The molecular weight excluding hydrogens is 236 g/mol. The molecule has 0 saturated heterocycles. The predicted octanol–water partition coefficient (Wildman–Crippen LogP) is 1.73. The van der Waals surface area contributed by atoms with Crippen molar-refractivity contribution in [1.29, 1.82) is 0 Å². The SMILES string of the molecule is CCCC(C(=O)OCC)C(C)(O)CC(OC)OC. The molecule has 0 heterocycles. The number of aliphatic hydroxyl groups is 1. The van der Waals surface area contributed by atoms with Gasteiger partial charge in [0, 0.05) is 20.6 Å². The Morgan fingerprint density at radius 3 is 2.22 bits per heavy atom. The van der Waals surface area contributed by atoms with Gasteiger partial charge in [0.05, 0.1) is 18.1 Å². The van der Waals surface area contributed by atoms with E-state index in [1.165, 1.54) is 14.2 Å². The summed E-state index contributed by atoms with van der Waals surface area (Å²) in [7, 11) is 3.01. The summed E-state index contributed by atoms with van der Waals surface area (Å²) in [6.45, 7) is 5.65. The summed E-state index contributed by atoms with van der Waals surface area (Å²) in [5.74, 6) is -0.925. The fraction of sp³-hybridized carbons (Fsp3) is 0.923. The van der Waals surface area contributed by atoms with Crippen LogP contribution in [0.2, 0.25) is 0 Å². The molecule has 0 aromatic heterocycles. The van der Waals surface area contributed by atoms with E-state index in [0.717, 1.165) is 6.42 Å². The fourth-order valence-electron chi connectivity index (χ4n) is 1.96. The quantitative estimate of drug-likeness (QED) is 0.506. The molecule has 5 nitrogen and oxygen atoms in total. The molecule has 0 aliphatic rings. The summed E-state index contributed by atoms with van der Waals surface area (Å²) in [5.41, 5.74) is -1.21. The minimum absolute atomic E-state index is 0.226. The Hall–Kier alpha value is -0.650. The van der Waals surface area contributed by atoms with E-state index in [0.29, 0.717) is 13.0 Å². The highest BCUT2D eigenvalue weighted by Crippen LogP contribution is 2.29. The monoisotopic (exact) mass is 262 g/mol. The van der Waals surface area contributed by atoms with Gasteiger partial charge in [-0.25, -0.2) is 0 Å². The van der Waals surface area contributed by atoms with Crippen LogP contribution in [0.15, 0.2) is 0 Å². The average Bonchev–Trinajstić information content (AvgIpc) is 2.33. The van der Waals surface area contributed by atoms with Crippen LogP contribution in [-0.4, -0.2) is 43.8 Å². The maximum Gasteiger partial charge on any atom is 0.311 e. The number of methoxy groups -OCH3 is 2. The summed E-state index contributed by atoms with van der Waals surface area (Å²) >= 11 is 0. The molecule has 0 fully saturated rings. The second kappa shape index (κ2) is 8.45. The molecule has 0 rings (SSSR count). The number of carbonyl (C=O) groups excluding carboxylic acids is 1. The minimum atomic E-state index is -1.21. The Kier molecular flexibility index (Phi) is 8.15. The summed E-state index contributed by atoms with van der Waals surface area (Å²) in [4.78, 5) is 11.9. The van der Waals surface area contributed by atoms with Crippen molar-refractivity contribution in [2.24, 2.45) is 5.92 Å². The average molecular weight is 262 g/mol. The maximum absolute atomic E-state index is 11.9. The largest absolute Gasteiger partial charge is 0.466 e. The van der Waals surface area contributed by atoms with Gasteiger partial charge in [-0.05, 0) is 20.3 Å². The Morgan fingerprint density at radius 2 is 1.83 bits per heavy atom. The second-order valence-electron chi connectivity index (χ2n) is 4.56. The molecule has 0 aliphatic heterocycles. The van der Waals surface area contributed by atoms with Gasteiger partial charge in [-0.1, -0.05) is 13.3 Å². The van der Waals surface area contributed by atoms with E-state index in [1.807, 2.05) is 6.92 Å². The van der Waals surface area contributed by atoms with E-state index < -0.39 is 17.8 Å². The first-order valence-electron chi connectivity index (χ1n) is 6.37. The zero-order valence-corrected chi connectivity index (χ0v) is 12.1. The lowest BCUT2D eigenvalue weighted by Crippen LogP contribution is -2.43. The normalized spacial score (nSPS) is 16.4. The molecule has 0 saturated carbocycles. The standard InChI is InChI=1S/C13H26O5/c1-6-8-10(12(14)18-7-2)13(3,15)9-11(16-4)17-5/h10-11,15H,6-9H2,1-5H3. The topological polar surface area (TPSA) is 65.0 Å². The van der Waals surface area contributed by atoms with Gasteiger partial charge < -0.3 is 19.3 Å². The van der Waals surface area contributed by atoms with Gasteiger partial charge in [0.1, 0.15) is 0 Å². The molecule has 108 valence electrons. The molecule has 0 radical (unpaired) electrons. The van der Waals surface area contributed by atoms with E-state index in [2.05, 4.69) is 0 Å². The predicted molar refractivity (Wildman–Crippen MR) is 68.1 cm³/mol. The van der Waals surface area contributed by atoms with Crippen molar-refractivity contribution in [3.8, 4) is 0 Å². The summed E-state index contributed by atoms with van der Waals surface area (Å²) in [6.07, 6.45) is 1.06. The van der Waals surface area contributed by atoms with Crippen LogP contribution in [0.4, 0.5) is 0 Å². The van der Waals surface area contributed by atoms with Gasteiger partial charge in [-0.3, -0.25) is 4.79 Å². The summed E-state index contributed by atoms with van der Waals surface area (Å²) < 4.78 is 15.1. The number of carbonyl (C=O) groups is 1. The van der Waals surface area contributed by atoms with Crippen molar-refractivity contribution < 1.29 is 24.1 Å². The van der Waals surface area contributed by atoms with E-state index >= 15 is 0 Å². The van der Waals surface area contributed by atoms with Crippen LogP contribution in [0.3, 0.4) is 0 Å². The molecule has 5 heteroatoms. The fourth-order valence-corrected chi connectivity index (χ4v) is 1.96. The van der Waals surface area contributed by atoms with Crippen molar-refractivity contribution in [2.75, 3.05) is 20.8 Å². The third-order valence-corrected chi connectivity index (χ3v) is 3.00. The molecule has 0 amide bonds. The van der Waals surface area contributed by atoms with Gasteiger partial charge in [0.15, 0.2) is 6.29 Å². The molecule has 0 aromatic rings. The van der Waals surface area contributed by atoms with Gasteiger partial charge >= 0.3 is 5.97 Å². The molecule has 2 atom stereocenters. The van der Waals surface area contributed by atoms with Crippen molar-refractivity contribution in [2.45, 2.75) is 51.9 Å². The molecular formula is C13H26O5. The lowest BCUT2D eigenvalue weighted by Gasteiger charge is -2.33. The van der Waals surface area contributed by atoms with E-state index in [9.17, 15) is 9.90 Å². The number of hydrogen-bond donors (Lipinski definition) is 1. The van der Waals surface area contributed by atoms with Crippen molar-refractivity contribution in [3.05, 3.63) is 0 Å². The molecule has 0 spiro atoms. The van der Waals surface area contributed by atoms with Gasteiger partial charge in [0.2, 0.25) is 0 Å². The second-order valence-corrected chi connectivity index (χ2v) is 4.56. The Labute approximate surface area is 109 Å². The third-order valence-electron chi connectivity index (χ3n) is 3.00. The van der Waals surface area contributed by atoms with Crippen LogP contribution < -0.4 is 0 Å². The van der Waals surface area contributed by atoms with Crippen LogP contribution in [0, 0.1) is 5.92 Å². The Balaban J connectivity index is 4.78. The van der Waals surface area contributed by atoms with Gasteiger partial charge in [0.25, 0.3) is 0 Å². The Morgan fingerprint density at radius 1 is 1.28 bits per heavy atom. The minimum Gasteiger partial charge on any atom is -0.466 e. The van der Waals surface area contributed by atoms with Crippen LogP contribution in [0.25, 0.3) is 0 Å². The zero-order chi connectivity index (χ0) is 14.2. The highest BCUT2D eigenvalue weighted by atomic mass is 16.7. The van der Waals surface area contributed by atoms with Crippen LogP contribution in [0.1, 0.15) is 40.0 Å². The van der Waals surface area contributed by atoms with Gasteiger partial charge in [-0.15, -0.1) is 0 Å². The molecule has 0 bridgehead atoms. The molecule has 0 aliphatic carbocycles. The number of esters is 1. The van der Waals surface area contributed by atoms with Crippen LogP contribution in [0.5, 0.6) is 0 Å². The van der Waals surface area contributed by atoms with Crippen LogP contribution in [-0.2, 0) is 19.0 Å².